The Bertz CT molecular complexity index is 364. The summed E-state index contributed by atoms with van der Waals surface area (Å²) in [6.07, 6.45) is 3.61. The first-order valence-corrected chi connectivity index (χ1v) is 8.43. The second-order valence-electron chi connectivity index (χ2n) is 7.01. The van der Waals surface area contributed by atoms with Gasteiger partial charge in [0.1, 0.15) is 18.3 Å². The second kappa shape index (κ2) is 7.11. The predicted octanol–water partition coefficient (Wildman–Crippen LogP) is 1.27. The van der Waals surface area contributed by atoms with E-state index in [1.54, 1.807) is 0 Å². The zero-order chi connectivity index (χ0) is 16.4. The fourth-order valence-electron chi connectivity index (χ4n) is 3.49. The third-order valence-electron chi connectivity index (χ3n) is 4.65. The van der Waals surface area contributed by atoms with Gasteiger partial charge in [0.05, 0.1) is 12.1 Å². The molecule has 0 aliphatic carbocycles. The van der Waals surface area contributed by atoms with E-state index in [0.29, 0.717) is 6.42 Å². The van der Waals surface area contributed by atoms with Gasteiger partial charge in [-0.15, -0.1) is 0 Å². The Morgan fingerprint density at radius 2 is 1.82 bits per heavy atom. The van der Waals surface area contributed by atoms with E-state index in [4.69, 9.17) is 19.9 Å². The lowest BCUT2D eigenvalue weighted by Crippen LogP contribution is -2.60. The Balaban J connectivity index is 2.03. The first-order chi connectivity index (χ1) is 10.3. The van der Waals surface area contributed by atoms with Crippen molar-refractivity contribution in [1.82, 2.24) is 0 Å². The highest BCUT2D eigenvalue weighted by Gasteiger charge is 2.62. The van der Waals surface area contributed by atoms with E-state index >= 15 is 0 Å². The Labute approximate surface area is 132 Å². The van der Waals surface area contributed by atoms with Crippen LogP contribution in [-0.4, -0.2) is 52.7 Å². The lowest BCUT2D eigenvalue weighted by molar-refractivity contribution is -0.224. The molecule has 22 heavy (non-hydrogen) atoms. The zero-order valence-electron chi connectivity index (χ0n) is 14.0. The quantitative estimate of drug-likeness (QED) is 0.584. The highest BCUT2D eigenvalue weighted by atomic mass is 16.8. The van der Waals surface area contributed by atoms with Crippen LogP contribution in [0.15, 0.2) is 0 Å². The van der Waals surface area contributed by atoms with Crippen molar-refractivity contribution in [2.45, 2.75) is 95.2 Å². The molecule has 2 aliphatic rings. The van der Waals surface area contributed by atoms with Crippen LogP contribution in [0.5, 0.6) is 0 Å². The smallest absolute Gasteiger partial charge is 0.189 e. The van der Waals surface area contributed by atoms with Gasteiger partial charge in [0, 0.05) is 0 Å². The van der Waals surface area contributed by atoms with Gasteiger partial charge < -0.3 is 30.2 Å². The zero-order valence-corrected chi connectivity index (χ0v) is 14.0. The molecule has 5 atom stereocenters. The van der Waals surface area contributed by atoms with Crippen LogP contribution in [-0.2, 0) is 14.2 Å². The van der Waals surface area contributed by atoms with Crippen LogP contribution in [0.4, 0.5) is 0 Å². The molecule has 0 aromatic heterocycles. The van der Waals surface area contributed by atoms with Gasteiger partial charge in [-0.2, -0.15) is 0 Å². The predicted molar refractivity (Wildman–Crippen MR) is 82.1 cm³/mol. The normalized spacial score (nSPS) is 38.2. The number of aliphatic hydroxyl groups is 2. The van der Waals surface area contributed by atoms with Crippen LogP contribution < -0.4 is 5.73 Å². The molecule has 2 heterocycles. The van der Waals surface area contributed by atoms with Crippen LogP contribution in [0.2, 0.25) is 0 Å². The fraction of sp³-hybridized carbons (Fsp3) is 1.00. The molecule has 0 unspecified atom stereocenters. The van der Waals surface area contributed by atoms with Gasteiger partial charge in [-0.25, -0.2) is 0 Å². The van der Waals surface area contributed by atoms with Gasteiger partial charge in [0.15, 0.2) is 12.1 Å². The molecule has 130 valence electrons. The van der Waals surface area contributed by atoms with Crippen molar-refractivity contribution in [1.29, 1.82) is 0 Å². The molecule has 0 aromatic carbocycles. The van der Waals surface area contributed by atoms with Crippen molar-refractivity contribution in [3.63, 3.8) is 0 Å². The minimum atomic E-state index is -1.03. The fourth-order valence-corrected chi connectivity index (χ4v) is 3.49. The number of ether oxygens (including phenoxy) is 3. The summed E-state index contributed by atoms with van der Waals surface area (Å²) < 4.78 is 17.4. The van der Waals surface area contributed by atoms with Crippen molar-refractivity contribution in [3.8, 4) is 0 Å². The first-order valence-electron chi connectivity index (χ1n) is 8.43. The molecule has 0 spiro atoms. The number of nitrogens with two attached hydrogens (primary N) is 1. The molecule has 6 nitrogen and oxygen atoms in total. The van der Waals surface area contributed by atoms with Crippen LogP contribution >= 0.6 is 0 Å². The number of unbranched alkanes of at least 4 members (excludes halogenated alkanes) is 4. The van der Waals surface area contributed by atoms with E-state index in [2.05, 4.69) is 6.92 Å². The Kier molecular flexibility index (Phi) is 5.85. The van der Waals surface area contributed by atoms with Gasteiger partial charge in [0.2, 0.25) is 0 Å². The third kappa shape index (κ3) is 3.63. The molecule has 2 rings (SSSR count). The van der Waals surface area contributed by atoms with E-state index in [1.165, 1.54) is 19.3 Å². The first kappa shape index (κ1) is 18.1. The summed E-state index contributed by atoms with van der Waals surface area (Å²) in [4.78, 5) is 0. The Hall–Kier alpha value is -0.240. The van der Waals surface area contributed by atoms with Gasteiger partial charge in [-0.05, 0) is 20.3 Å². The molecule has 2 fully saturated rings. The molecule has 0 aromatic rings. The highest BCUT2D eigenvalue weighted by Crippen LogP contribution is 2.44. The Morgan fingerprint density at radius 3 is 2.45 bits per heavy atom. The molecule has 0 radical (unpaired) electrons. The minimum absolute atomic E-state index is 0.387. The third-order valence-corrected chi connectivity index (χ3v) is 4.65. The van der Waals surface area contributed by atoms with Crippen molar-refractivity contribution in [2.24, 2.45) is 5.73 Å². The summed E-state index contributed by atoms with van der Waals surface area (Å²) in [7, 11) is 0. The van der Waals surface area contributed by atoms with Crippen LogP contribution in [0, 0.1) is 0 Å². The summed E-state index contributed by atoms with van der Waals surface area (Å²) in [6.45, 7) is 5.45. The average molecular weight is 317 g/mol. The SMILES string of the molecule is CCCCCCC[C@@]1(N)[C@@H]([C@H](O)CO)O[C@@H]2OC(C)(C)O[C@@H]21. The number of rotatable bonds is 8. The molecule has 2 saturated heterocycles. The summed E-state index contributed by atoms with van der Waals surface area (Å²) in [6, 6.07) is 0. The minimum Gasteiger partial charge on any atom is -0.394 e. The van der Waals surface area contributed by atoms with E-state index in [9.17, 15) is 10.2 Å². The van der Waals surface area contributed by atoms with Gasteiger partial charge in [-0.1, -0.05) is 39.0 Å². The summed E-state index contributed by atoms with van der Waals surface area (Å²) in [5.41, 5.74) is 5.76. The van der Waals surface area contributed by atoms with Crippen molar-refractivity contribution in [2.75, 3.05) is 6.61 Å². The molecular weight excluding hydrogens is 286 g/mol. The molecule has 4 N–H and O–H groups in total. The van der Waals surface area contributed by atoms with Crippen molar-refractivity contribution in [3.05, 3.63) is 0 Å². The van der Waals surface area contributed by atoms with E-state index in [0.717, 1.165) is 12.8 Å². The molecule has 0 amide bonds. The molecular formula is C16H31NO5. The molecule has 2 aliphatic heterocycles. The molecule has 0 bridgehead atoms. The number of hydrogen-bond donors (Lipinski definition) is 3. The topological polar surface area (TPSA) is 94.2 Å². The maximum absolute atomic E-state index is 10.1. The van der Waals surface area contributed by atoms with E-state index in [1.807, 2.05) is 13.8 Å². The standard InChI is InChI=1S/C16H31NO5/c1-4-5-6-7-8-9-16(17)12(11(19)10-18)20-14-13(16)21-15(2,3)22-14/h11-14,18-19H,4-10,17H2,1-3H3/t11-,12-,13+,14-,16-/m1/s1. The van der Waals surface area contributed by atoms with Gasteiger partial charge >= 0.3 is 0 Å². The monoisotopic (exact) mass is 317 g/mol. The van der Waals surface area contributed by atoms with Crippen molar-refractivity contribution >= 4 is 0 Å². The Morgan fingerprint density at radius 1 is 1.14 bits per heavy atom. The van der Waals surface area contributed by atoms with E-state index in [-0.39, 0.29) is 6.61 Å². The van der Waals surface area contributed by atoms with Crippen molar-refractivity contribution < 1.29 is 24.4 Å². The summed E-state index contributed by atoms with van der Waals surface area (Å²) in [5.74, 6) is -0.739. The maximum Gasteiger partial charge on any atom is 0.189 e. The maximum atomic E-state index is 10.1. The van der Waals surface area contributed by atoms with E-state index < -0.39 is 35.9 Å². The van der Waals surface area contributed by atoms with Crippen LogP contribution in [0.3, 0.4) is 0 Å². The lowest BCUT2D eigenvalue weighted by Gasteiger charge is -2.36. The lowest BCUT2D eigenvalue weighted by atomic mass is 9.81. The van der Waals surface area contributed by atoms with Gasteiger partial charge in [-0.3, -0.25) is 0 Å². The molecule has 0 saturated carbocycles. The number of aliphatic hydroxyl groups excluding tert-OH is 2. The van der Waals surface area contributed by atoms with Crippen LogP contribution in [0.1, 0.15) is 59.3 Å². The van der Waals surface area contributed by atoms with Gasteiger partial charge in [0.25, 0.3) is 0 Å². The average Bonchev–Trinajstić information content (AvgIpc) is 2.90. The summed E-state index contributed by atoms with van der Waals surface area (Å²) >= 11 is 0. The number of hydrogen-bond acceptors (Lipinski definition) is 6. The second-order valence-corrected chi connectivity index (χ2v) is 7.01. The highest BCUT2D eigenvalue weighted by molar-refractivity contribution is 5.10. The number of fused-ring (bicyclic) bond motifs is 1. The van der Waals surface area contributed by atoms with Crippen LogP contribution in [0.25, 0.3) is 0 Å². The molecule has 6 heteroatoms. The largest absolute Gasteiger partial charge is 0.394 e. The summed E-state index contributed by atoms with van der Waals surface area (Å²) in [5, 5.41) is 19.3.